The Bertz CT molecular complexity index is 774. The van der Waals surface area contributed by atoms with E-state index in [4.69, 9.17) is 11.6 Å². The number of hydrogen-bond acceptors (Lipinski definition) is 4. The number of amides is 1. The van der Waals surface area contributed by atoms with E-state index >= 15 is 0 Å². The van der Waals surface area contributed by atoms with Crippen molar-refractivity contribution in [2.45, 2.75) is 19.0 Å². The van der Waals surface area contributed by atoms with Crippen molar-refractivity contribution in [2.24, 2.45) is 0 Å². The molecule has 0 saturated carbocycles. The molecule has 1 aromatic heterocycles. The predicted molar refractivity (Wildman–Crippen MR) is 87.9 cm³/mol. The molecule has 0 aliphatic carbocycles. The molecule has 1 aliphatic rings. The Kier molecular flexibility index (Phi) is 4.80. The van der Waals surface area contributed by atoms with E-state index < -0.39 is 22.7 Å². The topological polar surface area (TPSA) is 58.1 Å². The highest BCUT2D eigenvalue weighted by molar-refractivity contribution is 6.31. The number of nitrogens with one attached hydrogen (secondary N) is 1. The van der Waals surface area contributed by atoms with Gasteiger partial charge in [0.15, 0.2) is 0 Å². The lowest BCUT2D eigenvalue weighted by molar-refractivity contribution is -0.137. The van der Waals surface area contributed by atoms with Gasteiger partial charge in [-0.15, -0.1) is 0 Å². The Morgan fingerprint density at radius 3 is 2.40 bits per heavy atom. The van der Waals surface area contributed by atoms with Gasteiger partial charge in [0.1, 0.15) is 0 Å². The third kappa shape index (κ3) is 4.01. The van der Waals surface area contributed by atoms with E-state index in [2.05, 4.69) is 15.3 Å². The van der Waals surface area contributed by atoms with Crippen LogP contribution in [0.25, 0.3) is 0 Å². The summed E-state index contributed by atoms with van der Waals surface area (Å²) in [7, 11) is 0. The maximum atomic E-state index is 12.9. The monoisotopic (exact) mass is 370 g/mol. The van der Waals surface area contributed by atoms with Crippen molar-refractivity contribution in [3.8, 4) is 0 Å². The van der Waals surface area contributed by atoms with Crippen molar-refractivity contribution >= 4 is 29.1 Å². The molecular formula is C16H14ClF3N4O. The number of rotatable bonds is 3. The first-order valence-corrected chi connectivity index (χ1v) is 7.97. The second kappa shape index (κ2) is 6.87. The molecule has 1 amide bonds. The van der Waals surface area contributed by atoms with E-state index in [1.807, 2.05) is 4.90 Å². The van der Waals surface area contributed by atoms with Gasteiger partial charge in [-0.25, -0.2) is 9.97 Å². The van der Waals surface area contributed by atoms with Gasteiger partial charge in [-0.1, -0.05) is 11.6 Å². The normalized spacial score (nSPS) is 14.6. The van der Waals surface area contributed by atoms with Gasteiger partial charge in [-0.2, -0.15) is 13.2 Å². The highest BCUT2D eigenvalue weighted by Gasteiger charge is 2.33. The number of aromatic nitrogens is 2. The van der Waals surface area contributed by atoms with Gasteiger partial charge >= 0.3 is 6.18 Å². The van der Waals surface area contributed by atoms with Crippen molar-refractivity contribution < 1.29 is 18.0 Å². The van der Waals surface area contributed by atoms with Crippen LogP contribution in [0.15, 0.2) is 30.6 Å². The Morgan fingerprint density at radius 2 is 1.80 bits per heavy atom. The average molecular weight is 371 g/mol. The van der Waals surface area contributed by atoms with Crippen LogP contribution in [0, 0.1) is 0 Å². The molecule has 1 N–H and O–H groups in total. The lowest BCUT2D eigenvalue weighted by Crippen LogP contribution is -2.21. The van der Waals surface area contributed by atoms with Crippen molar-refractivity contribution in [2.75, 3.05) is 23.3 Å². The molecule has 2 heterocycles. The molecule has 25 heavy (non-hydrogen) atoms. The summed E-state index contributed by atoms with van der Waals surface area (Å²) in [6, 6.07) is 3.18. The standard InChI is InChI=1S/C16H14ClF3N4O/c17-13-4-3-11(7-12(13)16(18,19)20)23-14(25)10-8-21-15(22-9-10)24-5-1-2-6-24/h3-4,7-9H,1-2,5-6H2,(H,23,25). The molecule has 5 nitrogen and oxygen atoms in total. The molecule has 1 aromatic carbocycles. The third-order valence-corrected chi connectivity index (χ3v) is 4.15. The van der Waals surface area contributed by atoms with Crippen molar-refractivity contribution in [1.29, 1.82) is 0 Å². The quantitative estimate of drug-likeness (QED) is 0.887. The molecule has 0 radical (unpaired) electrons. The van der Waals surface area contributed by atoms with Gasteiger partial charge in [0.2, 0.25) is 5.95 Å². The molecule has 1 fully saturated rings. The fraction of sp³-hybridized carbons (Fsp3) is 0.312. The fourth-order valence-corrected chi connectivity index (χ4v) is 2.77. The van der Waals surface area contributed by atoms with Gasteiger partial charge in [0.25, 0.3) is 5.91 Å². The van der Waals surface area contributed by atoms with E-state index in [1.165, 1.54) is 18.5 Å². The van der Waals surface area contributed by atoms with E-state index in [0.717, 1.165) is 38.1 Å². The van der Waals surface area contributed by atoms with Crippen LogP contribution in [-0.4, -0.2) is 29.0 Å². The van der Waals surface area contributed by atoms with E-state index in [-0.39, 0.29) is 11.3 Å². The highest BCUT2D eigenvalue weighted by Crippen LogP contribution is 2.36. The first-order valence-electron chi connectivity index (χ1n) is 7.60. The van der Waals surface area contributed by atoms with E-state index in [9.17, 15) is 18.0 Å². The summed E-state index contributed by atoms with van der Waals surface area (Å²) in [4.78, 5) is 22.5. The van der Waals surface area contributed by atoms with E-state index in [0.29, 0.717) is 5.95 Å². The fourth-order valence-electron chi connectivity index (χ4n) is 2.54. The minimum Gasteiger partial charge on any atom is -0.341 e. The smallest absolute Gasteiger partial charge is 0.341 e. The molecule has 132 valence electrons. The van der Waals surface area contributed by atoms with E-state index in [1.54, 1.807) is 0 Å². The Labute approximate surface area is 146 Å². The largest absolute Gasteiger partial charge is 0.417 e. The maximum absolute atomic E-state index is 12.9. The van der Waals surface area contributed by atoms with Crippen molar-refractivity contribution in [3.05, 3.63) is 46.7 Å². The van der Waals surface area contributed by atoms with Crippen molar-refractivity contribution in [1.82, 2.24) is 9.97 Å². The number of hydrogen-bond donors (Lipinski definition) is 1. The van der Waals surface area contributed by atoms with Crippen LogP contribution in [0.4, 0.5) is 24.8 Å². The van der Waals surface area contributed by atoms with Gasteiger partial charge < -0.3 is 10.2 Å². The molecule has 0 unspecified atom stereocenters. The minimum atomic E-state index is -4.60. The van der Waals surface area contributed by atoms with Crippen LogP contribution in [0.2, 0.25) is 5.02 Å². The predicted octanol–water partition coefficient (Wildman–Crippen LogP) is 4.00. The van der Waals surface area contributed by atoms with Gasteiger partial charge in [0, 0.05) is 31.2 Å². The molecule has 2 aromatic rings. The van der Waals surface area contributed by atoms with Gasteiger partial charge in [-0.3, -0.25) is 4.79 Å². The van der Waals surface area contributed by atoms with Gasteiger partial charge in [0.05, 0.1) is 16.1 Å². The first-order chi connectivity index (χ1) is 11.8. The molecule has 0 spiro atoms. The zero-order valence-electron chi connectivity index (χ0n) is 13.0. The molecule has 9 heteroatoms. The van der Waals surface area contributed by atoms with Crippen LogP contribution in [-0.2, 0) is 6.18 Å². The summed E-state index contributed by atoms with van der Waals surface area (Å²) >= 11 is 5.56. The Hall–Kier alpha value is -2.35. The summed E-state index contributed by atoms with van der Waals surface area (Å²) in [6.07, 6.45) is 0.263. The molecule has 1 saturated heterocycles. The SMILES string of the molecule is O=C(Nc1ccc(Cl)c(C(F)(F)F)c1)c1cnc(N2CCCC2)nc1. The summed E-state index contributed by atoms with van der Waals surface area (Å²) in [5.41, 5.74) is -0.857. The summed E-state index contributed by atoms with van der Waals surface area (Å²) < 4.78 is 38.6. The number of carbonyl (C=O) groups excluding carboxylic acids is 1. The molecular weight excluding hydrogens is 357 g/mol. The van der Waals surface area contributed by atoms with Crippen LogP contribution >= 0.6 is 11.6 Å². The Balaban J connectivity index is 1.74. The van der Waals surface area contributed by atoms with Crippen LogP contribution in [0.1, 0.15) is 28.8 Å². The molecule has 3 rings (SSSR count). The second-order valence-electron chi connectivity index (χ2n) is 5.61. The first kappa shape index (κ1) is 17.5. The van der Waals surface area contributed by atoms with Crippen LogP contribution in [0.5, 0.6) is 0 Å². The average Bonchev–Trinajstić information content (AvgIpc) is 3.10. The second-order valence-corrected chi connectivity index (χ2v) is 6.02. The van der Waals surface area contributed by atoms with Crippen LogP contribution < -0.4 is 10.2 Å². The number of nitrogens with zero attached hydrogens (tertiary/aromatic N) is 3. The minimum absolute atomic E-state index is 0.00894. The third-order valence-electron chi connectivity index (χ3n) is 3.82. The maximum Gasteiger partial charge on any atom is 0.417 e. The number of anilines is 2. The zero-order valence-corrected chi connectivity index (χ0v) is 13.7. The highest BCUT2D eigenvalue weighted by atomic mass is 35.5. The molecule has 0 bridgehead atoms. The Morgan fingerprint density at radius 1 is 1.16 bits per heavy atom. The number of benzene rings is 1. The van der Waals surface area contributed by atoms with Crippen LogP contribution in [0.3, 0.4) is 0 Å². The zero-order chi connectivity index (χ0) is 18.0. The number of carbonyl (C=O) groups is 1. The van der Waals surface area contributed by atoms with Crippen molar-refractivity contribution in [3.63, 3.8) is 0 Å². The van der Waals surface area contributed by atoms with Gasteiger partial charge in [-0.05, 0) is 31.0 Å². The number of alkyl halides is 3. The number of halogens is 4. The summed E-state index contributed by atoms with van der Waals surface area (Å²) in [5.74, 6) is -0.0525. The summed E-state index contributed by atoms with van der Waals surface area (Å²) in [5, 5.41) is 1.97. The lowest BCUT2D eigenvalue weighted by Gasteiger charge is -2.15. The summed E-state index contributed by atoms with van der Waals surface area (Å²) in [6.45, 7) is 1.74. The molecule has 0 atom stereocenters. The molecule has 1 aliphatic heterocycles. The lowest BCUT2D eigenvalue weighted by atomic mass is 10.2.